The fourth-order valence-corrected chi connectivity index (χ4v) is 1.63. The number of aromatic nitrogens is 2. The van der Waals surface area contributed by atoms with E-state index in [4.69, 9.17) is 5.11 Å². The second kappa shape index (κ2) is 5.46. The number of hydrogen-bond donors (Lipinski definition) is 2. The van der Waals surface area contributed by atoms with Gasteiger partial charge in [-0.25, -0.2) is 0 Å². The lowest BCUT2D eigenvalue weighted by Crippen LogP contribution is -2.25. The Bertz CT molecular complexity index is 531. The van der Waals surface area contributed by atoms with Crippen LogP contribution < -0.4 is 5.32 Å². The molecule has 2 N–H and O–H groups in total. The van der Waals surface area contributed by atoms with Gasteiger partial charge >= 0.3 is 0 Å². The molecule has 0 aliphatic rings. The topological polar surface area (TPSA) is 67.2 Å². The van der Waals surface area contributed by atoms with Crippen LogP contribution in [0.3, 0.4) is 0 Å². The quantitative estimate of drug-likeness (QED) is 0.839. The predicted molar refractivity (Wildman–Crippen MR) is 66.7 cm³/mol. The molecule has 0 saturated heterocycles. The lowest BCUT2D eigenvalue weighted by Gasteiger charge is -2.06. The summed E-state index contributed by atoms with van der Waals surface area (Å²) in [7, 11) is 1.73. The van der Waals surface area contributed by atoms with Gasteiger partial charge in [-0.05, 0) is 17.2 Å². The first-order chi connectivity index (χ1) is 8.70. The van der Waals surface area contributed by atoms with Gasteiger partial charge in [0, 0.05) is 19.8 Å². The van der Waals surface area contributed by atoms with Crippen molar-refractivity contribution in [2.75, 3.05) is 0 Å². The average Bonchev–Trinajstić information content (AvgIpc) is 2.83. The summed E-state index contributed by atoms with van der Waals surface area (Å²) in [6.07, 6.45) is 1.59. The molecule has 5 nitrogen and oxygen atoms in total. The van der Waals surface area contributed by atoms with E-state index in [0.29, 0.717) is 12.2 Å². The predicted octanol–water partition coefficient (Wildman–Crippen LogP) is 0.842. The number of rotatable bonds is 4. The van der Waals surface area contributed by atoms with Crippen LogP contribution in [0.2, 0.25) is 0 Å². The van der Waals surface area contributed by atoms with Crippen LogP contribution in [-0.2, 0) is 20.2 Å². The van der Waals surface area contributed by atoms with E-state index in [9.17, 15) is 4.79 Å². The van der Waals surface area contributed by atoms with Crippen LogP contribution in [0, 0.1) is 0 Å². The van der Waals surface area contributed by atoms with Crippen molar-refractivity contribution in [2.24, 2.45) is 7.05 Å². The summed E-state index contributed by atoms with van der Waals surface area (Å²) in [6.45, 7) is 0.484. The van der Waals surface area contributed by atoms with Gasteiger partial charge < -0.3 is 10.4 Å². The van der Waals surface area contributed by atoms with Gasteiger partial charge in [0.15, 0.2) is 0 Å². The van der Waals surface area contributed by atoms with E-state index in [0.717, 1.165) is 11.1 Å². The molecule has 0 radical (unpaired) electrons. The van der Waals surface area contributed by atoms with Gasteiger partial charge in [0.25, 0.3) is 5.91 Å². The summed E-state index contributed by atoms with van der Waals surface area (Å²) in [5.74, 6) is -0.152. The van der Waals surface area contributed by atoms with E-state index >= 15 is 0 Å². The minimum absolute atomic E-state index is 0.0294. The van der Waals surface area contributed by atoms with E-state index in [1.165, 1.54) is 4.68 Å². The molecule has 1 aromatic heterocycles. The largest absolute Gasteiger partial charge is 0.392 e. The first kappa shape index (κ1) is 12.3. The summed E-state index contributed by atoms with van der Waals surface area (Å²) >= 11 is 0. The molecular formula is C13H15N3O2. The van der Waals surface area contributed by atoms with Crippen LogP contribution >= 0.6 is 0 Å². The van der Waals surface area contributed by atoms with Gasteiger partial charge in [0.2, 0.25) is 0 Å². The number of aryl methyl sites for hydroxylation is 1. The molecule has 5 heteroatoms. The fraction of sp³-hybridized carbons (Fsp3) is 0.231. The first-order valence-corrected chi connectivity index (χ1v) is 5.65. The molecule has 94 valence electrons. The monoisotopic (exact) mass is 245 g/mol. The van der Waals surface area contributed by atoms with E-state index in [1.807, 2.05) is 24.3 Å². The van der Waals surface area contributed by atoms with Gasteiger partial charge in [0.1, 0.15) is 5.69 Å². The van der Waals surface area contributed by atoms with Crippen molar-refractivity contribution >= 4 is 5.91 Å². The second-order valence-corrected chi connectivity index (χ2v) is 4.00. The number of nitrogens with zero attached hydrogens (tertiary/aromatic N) is 2. The number of benzene rings is 1. The molecule has 2 aromatic rings. The number of aliphatic hydroxyl groups excluding tert-OH is 1. The number of carbonyl (C=O) groups excluding carboxylic acids is 1. The molecule has 18 heavy (non-hydrogen) atoms. The zero-order chi connectivity index (χ0) is 13.0. The Morgan fingerprint density at radius 2 is 1.94 bits per heavy atom. The van der Waals surface area contributed by atoms with E-state index in [-0.39, 0.29) is 12.5 Å². The molecular weight excluding hydrogens is 230 g/mol. The molecule has 0 unspecified atom stereocenters. The third-order valence-corrected chi connectivity index (χ3v) is 2.71. The van der Waals surface area contributed by atoms with Gasteiger partial charge in [-0.1, -0.05) is 24.3 Å². The van der Waals surface area contributed by atoms with Gasteiger partial charge in [-0.15, -0.1) is 0 Å². The maximum Gasteiger partial charge on any atom is 0.269 e. The van der Waals surface area contributed by atoms with Crippen LogP contribution in [0.5, 0.6) is 0 Å². The molecule has 1 aromatic carbocycles. The van der Waals surface area contributed by atoms with Gasteiger partial charge in [-0.3, -0.25) is 9.48 Å². The highest BCUT2D eigenvalue weighted by molar-refractivity contribution is 5.92. The molecule has 0 atom stereocenters. The Balaban J connectivity index is 1.95. The third kappa shape index (κ3) is 2.75. The molecule has 1 amide bonds. The highest BCUT2D eigenvalue weighted by atomic mass is 16.3. The molecule has 0 bridgehead atoms. The number of nitrogens with one attached hydrogen (secondary N) is 1. The Labute approximate surface area is 105 Å². The molecule has 0 saturated carbocycles. The van der Waals surface area contributed by atoms with E-state index in [2.05, 4.69) is 10.4 Å². The van der Waals surface area contributed by atoms with Crippen LogP contribution in [0.15, 0.2) is 36.5 Å². The highest BCUT2D eigenvalue weighted by Crippen LogP contribution is 2.04. The van der Waals surface area contributed by atoms with Crippen LogP contribution in [0.1, 0.15) is 21.6 Å². The molecule has 0 spiro atoms. The zero-order valence-electron chi connectivity index (χ0n) is 10.1. The van der Waals surface area contributed by atoms with Gasteiger partial charge in [-0.2, -0.15) is 5.10 Å². The van der Waals surface area contributed by atoms with E-state index in [1.54, 1.807) is 19.3 Å². The second-order valence-electron chi connectivity index (χ2n) is 4.00. The average molecular weight is 245 g/mol. The fourth-order valence-electron chi connectivity index (χ4n) is 1.63. The number of carbonyl (C=O) groups is 1. The number of aliphatic hydroxyl groups is 1. The SMILES string of the molecule is Cn1nccc1C(=O)NCc1ccc(CO)cc1. The Morgan fingerprint density at radius 1 is 1.28 bits per heavy atom. The van der Waals surface area contributed by atoms with Crippen molar-refractivity contribution in [3.8, 4) is 0 Å². The molecule has 1 heterocycles. The number of amides is 1. The van der Waals surface area contributed by atoms with Crippen molar-refractivity contribution in [1.82, 2.24) is 15.1 Å². The van der Waals surface area contributed by atoms with Crippen LogP contribution in [-0.4, -0.2) is 20.8 Å². The molecule has 0 fully saturated rings. The maximum atomic E-state index is 11.8. The molecule has 0 aliphatic carbocycles. The summed E-state index contributed by atoms with van der Waals surface area (Å²) in [5, 5.41) is 15.7. The smallest absolute Gasteiger partial charge is 0.269 e. The van der Waals surface area contributed by atoms with Crippen molar-refractivity contribution in [1.29, 1.82) is 0 Å². The number of hydrogen-bond acceptors (Lipinski definition) is 3. The van der Waals surface area contributed by atoms with Crippen LogP contribution in [0.4, 0.5) is 0 Å². The lowest BCUT2D eigenvalue weighted by atomic mass is 10.1. The first-order valence-electron chi connectivity index (χ1n) is 5.65. The van der Waals surface area contributed by atoms with E-state index < -0.39 is 0 Å². The van der Waals surface area contributed by atoms with Crippen molar-refractivity contribution < 1.29 is 9.90 Å². The molecule has 0 aliphatic heterocycles. The zero-order valence-corrected chi connectivity index (χ0v) is 10.1. The standard InChI is InChI=1S/C13H15N3O2/c1-16-12(6-7-15-16)13(18)14-8-10-2-4-11(9-17)5-3-10/h2-7,17H,8-9H2,1H3,(H,14,18). The summed E-state index contributed by atoms with van der Waals surface area (Å²) in [6, 6.07) is 9.12. The minimum atomic E-state index is -0.152. The normalized spacial score (nSPS) is 10.3. The van der Waals surface area contributed by atoms with Gasteiger partial charge in [0.05, 0.1) is 6.61 Å². The highest BCUT2D eigenvalue weighted by Gasteiger charge is 2.08. The van der Waals surface area contributed by atoms with Crippen molar-refractivity contribution in [3.63, 3.8) is 0 Å². The Kier molecular flexibility index (Phi) is 3.74. The van der Waals surface area contributed by atoms with Crippen molar-refractivity contribution in [2.45, 2.75) is 13.2 Å². The summed E-state index contributed by atoms with van der Waals surface area (Å²) in [5.41, 5.74) is 2.38. The lowest BCUT2D eigenvalue weighted by molar-refractivity contribution is 0.0941. The third-order valence-electron chi connectivity index (χ3n) is 2.71. The maximum absolute atomic E-state index is 11.8. The summed E-state index contributed by atoms with van der Waals surface area (Å²) in [4.78, 5) is 11.8. The van der Waals surface area contributed by atoms with Crippen LogP contribution in [0.25, 0.3) is 0 Å². The minimum Gasteiger partial charge on any atom is -0.392 e. The van der Waals surface area contributed by atoms with Crippen molar-refractivity contribution in [3.05, 3.63) is 53.3 Å². The Morgan fingerprint density at radius 3 is 2.50 bits per heavy atom. The summed E-state index contributed by atoms with van der Waals surface area (Å²) < 4.78 is 1.53. The Hall–Kier alpha value is -2.14. The molecule has 2 rings (SSSR count).